The van der Waals surface area contributed by atoms with Crippen molar-refractivity contribution in [2.24, 2.45) is 0 Å². The maximum atomic E-state index is 14.2. The second kappa shape index (κ2) is 8.87. The number of anilines is 1. The Morgan fingerprint density at radius 3 is 2.68 bits per heavy atom. The normalized spacial score (nSPS) is 10.9. The summed E-state index contributed by atoms with van der Waals surface area (Å²) < 4.78 is 35.4. The van der Waals surface area contributed by atoms with Gasteiger partial charge in [-0.25, -0.2) is 18.7 Å². The molecule has 2 aromatic heterocycles. The molecule has 7 nitrogen and oxygen atoms in total. The number of nitrogens with one attached hydrogen (secondary N) is 1. The van der Waals surface area contributed by atoms with Gasteiger partial charge >= 0.3 is 0 Å². The Bertz CT molecular complexity index is 1530. The molecule has 0 aliphatic heterocycles. The number of aromatic nitrogens is 4. The number of hydrogen-bond acceptors (Lipinski definition) is 5. The Labute approximate surface area is 196 Å². The van der Waals surface area contributed by atoms with Gasteiger partial charge < -0.3 is 10.1 Å². The number of rotatable bonds is 5. The van der Waals surface area contributed by atoms with Gasteiger partial charge in [0.15, 0.2) is 5.82 Å². The smallest absolute Gasteiger partial charge is 0.255 e. The number of halogens is 3. The summed E-state index contributed by atoms with van der Waals surface area (Å²) in [5, 5.41) is 2.42. The third-order valence-corrected chi connectivity index (χ3v) is 5.12. The summed E-state index contributed by atoms with van der Waals surface area (Å²) in [5.41, 5.74) is 1.39. The number of benzene rings is 3. The van der Waals surface area contributed by atoms with Crippen LogP contribution in [0.1, 0.15) is 10.4 Å². The van der Waals surface area contributed by atoms with E-state index in [4.69, 9.17) is 16.3 Å². The minimum absolute atomic E-state index is 0.0374. The molecule has 0 bridgehead atoms. The lowest BCUT2D eigenvalue weighted by Crippen LogP contribution is -2.12. The Hall–Kier alpha value is -4.37. The number of hydrogen-bond donors (Lipinski definition) is 1. The van der Waals surface area contributed by atoms with Gasteiger partial charge in [-0.3, -0.25) is 14.3 Å². The number of fused-ring (bicyclic) bond motifs is 1. The quantitative estimate of drug-likeness (QED) is 0.346. The van der Waals surface area contributed by atoms with Gasteiger partial charge in [-0.15, -0.1) is 0 Å². The largest absolute Gasteiger partial charge is 0.457 e. The number of amides is 1. The topological polar surface area (TPSA) is 81.9 Å². The van der Waals surface area contributed by atoms with E-state index in [0.29, 0.717) is 22.6 Å². The van der Waals surface area contributed by atoms with E-state index >= 15 is 0 Å². The van der Waals surface area contributed by atoms with Crippen LogP contribution in [0, 0.1) is 11.6 Å². The van der Waals surface area contributed by atoms with Crippen LogP contribution < -0.4 is 10.1 Å². The minimum Gasteiger partial charge on any atom is -0.457 e. The van der Waals surface area contributed by atoms with Gasteiger partial charge in [0.25, 0.3) is 5.91 Å². The molecule has 0 saturated heterocycles. The number of nitrogens with zero attached hydrogens (tertiary/aromatic N) is 4. The Kier molecular flexibility index (Phi) is 5.60. The monoisotopic (exact) mass is 477 g/mol. The highest BCUT2D eigenvalue weighted by molar-refractivity contribution is 6.30. The highest BCUT2D eigenvalue weighted by Gasteiger charge is 2.12. The fraction of sp³-hybridized carbons (Fsp3) is 0. The number of carbonyl (C=O) groups excluding carboxylic acids is 1. The van der Waals surface area contributed by atoms with E-state index in [1.807, 2.05) is 0 Å². The third-order valence-electron chi connectivity index (χ3n) is 4.82. The highest BCUT2D eigenvalue weighted by atomic mass is 35.5. The second-order valence-corrected chi connectivity index (χ2v) is 7.62. The molecule has 34 heavy (non-hydrogen) atoms. The molecule has 0 fully saturated rings. The molecule has 3 aromatic carbocycles. The molecule has 1 N–H and O–H groups in total. The summed E-state index contributed by atoms with van der Waals surface area (Å²) >= 11 is 5.65. The van der Waals surface area contributed by atoms with Crippen molar-refractivity contribution in [3.63, 3.8) is 0 Å². The molecule has 10 heteroatoms. The average Bonchev–Trinajstić information content (AvgIpc) is 3.35. The number of carbonyl (C=O) groups is 1. The molecule has 168 valence electrons. The molecule has 0 atom stereocenters. The van der Waals surface area contributed by atoms with E-state index in [2.05, 4.69) is 20.3 Å². The summed E-state index contributed by atoms with van der Waals surface area (Å²) in [7, 11) is 0. The van der Waals surface area contributed by atoms with Gasteiger partial charge in [-0.1, -0.05) is 11.6 Å². The van der Waals surface area contributed by atoms with E-state index in [1.165, 1.54) is 24.3 Å². The van der Waals surface area contributed by atoms with Crippen LogP contribution in [0.4, 0.5) is 14.5 Å². The van der Waals surface area contributed by atoms with Crippen molar-refractivity contribution in [2.75, 3.05) is 5.32 Å². The molecule has 2 heterocycles. The zero-order valence-electron chi connectivity index (χ0n) is 17.2. The maximum Gasteiger partial charge on any atom is 0.255 e. The first kappa shape index (κ1) is 21.5. The van der Waals surface area contributed by atoms with Crippen molar-refractivity contribution < 1.29 is 18.3 Å². The van der Waals surface area contributed by atoms with E-state index in [-0.39, 0.29) is 22.0 Å². The fourth-order valence-corrected chi connectivity index (χ4v) is 3.35. The van der Waals surface area contributed by atoms with Gasteiger partial charge in [0.2, 0.25) is 0 Å². The van der Waals surface area contributed by atoms with Crippen LogP contribution in [-0.2, 0) is 0 Å². The summed E-state index contributed by atoms with van der Waals surface area (Å²) in [6.07, 6.45) is 6.61. The van der Waals surface area contributed by atoms with Gasteiger partial charge in [0, 0.05) is 41.8 Å². The van der Waals surface area contributed by atoms with Crippen LogP contribution >= 0.6 is 11.6 Å². The van der Waals surface area contributed by atoms with Crippen molar-refractivity contribution in [3.05, 3.63) is 102 Å². The predicted molar refractivity (Wildman–Crippen MR) is 122 cm³/mol. The predicted octanol–water partition coefficient (Wildman–Crippen LogP) is 5.79. The molecule has 0 radical (unpaired) electrons. The van der Waals surface area contributed by atoms with E-state index in [9.17, 15) is 13.6 Å². The number of ether oxygens (including phenoxy) is 1. The second-order valence-electron chi connectivity index (χ2n) is 7.21. The summed E-state index contributed by atoms with van der Waals surface area (Å²) in [6, 6.07) is 12.5. The molecular weight excluding hydrogens is 464 g/mol. The Morgan fingerprint density at radius 1 is 1.00 bits per heavy atom. The molecular formula is C24H14ClF2N5O2. The first-order chi connectivity index (χ1) is 16.4. The SMILES string of the molecule is O=C(Nc1cc(F)cc(Oc2ccc3ncc(-n4ccnc4)nc3c2)c1)c1ccc(Cl)c(F)c1. The van der Waals surface area contributed by atoms with Crippen LogP contribution in [-0.4, -0.2) is 25.4 Å². The minimum atomic E-state index is -0.729. The summed E-state index contributed by atoms with van der Waals surface area (Å²) in [5.74, 6) is -0.856. The molecule has 5 rings (SSSR count). The molecule has 0 spiro atoms. The van der Waals surface area contributed by atoms with E-state index in [0.717, 1.165) is 12.1 Å². The molecule has 1 amide bonds. The van der Waals surface area contributed by atoms with Crippen molar-refractivity contribution in [1.29, 1.82) is 0 Å². The molecule has 0 unspecified atom stereocenters. The first-order valence-corrected chi connectivity index (χ1v) is 10.3. The van der Waals surface area contributed by atoms with Crippen molar-refractivity contribution >= 4 is 34.2 Å². The lowest BCUT2D eigenvalue weighted by molar-refractivity contribution is 0.102. The van der Waals surface area contributed by atoms with Gasteiger partial charge in [0.1, 0.15) is 29.5 Å². The highest BCUT2D eigenvalue weighted by Crippen LogP contribution is 2.28. The molecule has 0 aliphatic carbocycles. The van der Waals surface area contributed by atoms with Crippen molar-refractivity contribution in [1.82, 2.24) is 19.5 Å². The first-order valence-electron chi connectivity index (χ1n) is 9.94. The lowest BCUT2D eigenvalue weighted by atomic mass is 10.2. The van der Waals surface area contributed by atoms with Gasteiger partial charge in [-0.2, -0.15) is 0 Å². The van der Waals surface area contributed by atoms with E-state index in [1.54, 1.807) is 47.7 Å². The molecule has 0 aliphatic rings. The van der Waals surface area contributed by atoms with Crippen LogP contribution in [0.2, 0.25) is 5.02 Å². The van der Waals surface area contributed by atoms with Crippen LogP contribution in [0.3, 0.4) is 0 Å². The Balaban J connectivity index is 1.39. The summed E-state index contributed by atoms with van der Waals surface area (Å²) in [4.78, 5) is 25.4. The van der Waals surface area contributed by atoms with Crippen molar-refractivity contribution in [3.8, 4) is 17.3 Å². The molecule has 5 aromatic rings. The zero-order chi connectivity index (χ0) is 23.7. The fourth-order valence-electron chi connectivity index (χ4n) is 3.23. The third kappa shape index (κ3) is 4.55. The van der Waals surface area contributed by atoms with Gasteiger partial charge in [-0.05, 0) is 36.4 Å². The number of imidazole rings is 1. The van der Waals surface area contributed by atoms with Crippen LogP contribution in [0.5, 0.6) is 11.5 Å². The van der Waals surface area contributed by atoms with Crippen molar-refractivity contribution in [2.45, 2.75) is 0 Å². The lowest BCUT2D eigenvalue weighted by Gasteiger charge is -2.11. The van der Waals surface area contributed by atoms with Gasteiger partial charge in [0.05, 0.1) is 22.3 Å². The van der Waals surface area contributed by atoms with Crippen LogP contribution in [0.15, 0.2) is 79.5 Å². The zero-order valence-corrected chi connectivity index (χ0v) is 18.0. The molecule has 0 saturated carbocycles. The maximum absolute atomic E-state index is 14.2. The van der Waals surface area contributed by atoms with E-state index < -0.39 is 17.5 Å². The average molecular weight is 478 g/mol. The Morgan fingerprint density at radius 2 is 1.88 bits per heavy atom. The standard InChI is InChI=1S/C24H14ClF2N5O2/c25-19-3-1-14(7-20(19)27)24(33)30-16-8-15(26)9-18(10-16)34-17-2-4-21-22(11-17)31-23(12-29-21)32-6-5-28-13-32/h1-13H,(H,30,33). The summed E-state index contributed by atoms with van der Waals surface area (Å²) in [6.45, 7) is 0. The van der Waals surface area contributed by atoms with Crippen LogP contribution in [0.25, 0.3) is 16.9 Å².